The fourth-order valence-electron chi connectivity index (χ4n) is 5.19. The van der Waals surface area contributed by atoms with Crippen LogP contribution in [0.2, 0.25) is 0 Å². The van der Waals surface area contributed by atoms with Gasteiger partial charge in [-0.15, -0.1) is 0 Å². The topological polar surface area (TPSA) is 101 Å². The van der Waals surface area contributed by atoms with Crippen molar-refractivity contribution < 1.29 is 22.7 Å². The van der Waals surface area contributed by atoms with Gasteiger partial charge in [0, 0.05) is 41.4 Å². The molecule has 0 bridgehead atoms. The number of amides is 1. The predicted octanol–water partition coefficient (Wildman–Crippen LogP) is 6.24. The Labute approximate surface area is 234 Å². The molecule has 1 aliphatic heterocycles. The highest BCUT2D eigenvalue weighted by Gasteiger charge is 2.68. The molecule has 8 nitrogen and oxygen atoms in total. The third kappa shape index (κ3) is 5.29. The first-order chi connectivity index (χ1) is 19.7. The van der Waals surface area contributed by atoms with E-state index in [1.807, 2.05) is 13.0 Å². The summed E-state index contributed by atoms with van der Waals surface area (Å²) in [6.45, 7) is 3.72. The van der Waals surface area contributed by atoms with E-state index in [0.717, 1.165) is 31.5 Å². The number of anilines is 2. The zero-order valence-corrected chi connectivity index (χ0v) is 22.4. The lowest BCUT2D eigenvalue weighted by molar-refractivity contribution is -0.189. The Morgan fingerprint density at radius 3 is 2.66 bits per heavy atom. The number of pyridine rings is 1. The van der Waals surface area contributed by atoms with Crippen LogP contribution in [0.25, 0.3) is 22.0 Å². The Balaban J connectivity index is 1.31. The van der Waals surface area contributed by atoms with Crippen LogP contribution in [0, 0.1) is 12.3 Å². The van der Waals surface area contributed by atoms with Crippen molar-refractivity contribution in [3.8, 4) is 22.9 Å². The monoisotopic (exact) mass is 562 g/mol. The predicted molar refractivity (Wildman–Crippen MR) is 150 cm³/mol. The van der Waals surface area contributed by atoms with E-state index in [-0.39, 0.29) is 24.6 Å². The first-order valence-corrected chi connectivity index (χ1v) is 13.6. The number of nitrogens with one attached hydrogen (secondary N) is 3. The number of aromatic nitrogens is 3. The molecule has 2 aliphatic rings. The third-order valence-electron chi connectivity index (χ3n) is 7.72. The molecule has 2 aromatic heterocycles. The molecule has 41 heavy (non-hydrogen) atoms. The summed E-state index contributed by atoms with van der Waals surface area (Å²) >= 11 is 0. The number of halogens is 3. The van der Waals surface area contributed by atoms with Crippen LogP contribution in [0.3, 0.4) is 0 Å². The van der Waals surface area contributed by atoms with Crippen molar-refractivity contribution in [2.75, 3.05) is 23.7 Å². The average molecular weight is 563 g/mol. The van der Waals surface area contributed by atoms with Crippen LogP contribution in [-0.2, 0) is 4.79 Å². The number of fused-ring (bicyclic) bond motifs is 1. The lowest BCUT2D eigenvalue weighted by Crippen LogP contribution is -2.38. The van der Waals surface area contributed by atoms with E-state index in [4.69, 9.17) is 9.72 Å². The number of piperidine rings is 1. The number of aryl methyl sites for hydroxylation is 1. The Bertz CT molecular complexity index is 1600. The standard InChI is InChI=1S/C30H29F3N6O2/c1-18-9-10-20-21(6-2-8-23(20)38-27(40)29(12-13-29)30(31,32)33)25(18)41-26-22(7-4-15-35-26)24-11-16-36-28(39-24)37-19-5-3-14-34-17-19/h2,4,6-11,15-16,19,34H,3,5,12-14,17H2,1H3,(H,38,40)(H,36,37,39)/t19-/m0/s1. The number of rotatable bonds is 7. The molecule has 1 atom stereocenters. The normalized spacial score (nSPS) is 18.1. The van der Waals surface area contributed by atoms with E-state index in [9.17, 15) is 18.0 Å². The lowest BCUT2D eigenvalue weighted by atomic mass is 10.0. The Hall–Kier alpha value is -4.25. The molecular formula is C30H29F3N6O2. The van der Waals surface area contributed by atoms with Gasteiger partial charge < -0.3 is 20.7 Å². The van der Waals surface area contributed by atoms with Gasteiger partial charge in [-0.1, -0.05) is 24.3 Å². The summed E-state index contributed by atoms with van der Waals surface area (Å²) in [7, 11) is 0. The molecule has 6 rings (SSSR count). The number of ether oxygens (including phenoxy) is 1. The highest BCUT2D eigenvalue weighted by molar-refractivity contribution is 6.07. The second kappa shape index (κ2) is 10.6. The molecule has 4 aromatic rings. The van der Waals surface area contributed by atoms with Crippen LogP contribution in [0.5, 0.6) is 11.6 Å². The van der Waals surface area contributed by atoms with Gasteiger partial charge in [0.25, 0.3) is 0 Å². The van der Waals surface area contributed by atoms with Crippen molar-refractivity contribution in [2.24, 2.45) is 5.41 Å². The maximum Gasteiger partial charge on any atom is 0.403 e. The molecule has 2 aromatic carbocycles. The Kier molecular flexibility index (Phi) is 6.98. The van der Waals surface area contributed by atoms with Crippen molar-refractivity contribution >= 4 is 28.3 Å². The van der Waals surface area contributed by atoms with Crippen molar-refractivity contribution in [1.82, 2.24) is 20.3 Å². The van der Waals surface area contributed by atoms with Crippen molar-refractivity contribution in [2.45, 2.75) is 44.8 Å². The number of hydrogen-bond acceptors (Lipinski definition) is 7. The van der Waals surface area contributed by atoms with Crippen LogP contribution in [0.1, 0.15) is 31.2 Å². The van der Waals surface area contributed by atoms with Gasteiger partial charge in [0.05, 0.1) is 11.3 Å². The van der Waals surface area contributed by atoms with E-state index in [1.165, 1.54) is 0 Å². The number of nitrogens with zero attached hydrogens (tertiary/aromatic N) is 3. The average Bonchev–Trinajstić information content (AvgIpc) is 3.79. The minimum Gasteiger partial charge on any atom is -0.437 e. The van der Waals surface area contributed by atoms with Gasteiger partial charge in [-0.05, 0) is 69.0 Å². The summed E-state index contributed by atoms with van der Waals surface area (Å²) in [6, 6.07) is 14.3. The maximum absolute atomic E-state index is 13.5. The molecule has 1 aliphatic carbocycles. The molecule has 1 saturated carbocycles. The molecule has 11 heteroatoms. The summed E-state index contributed by atoms with van der Waals surface area (Å²) < 4.78 is 47.0. The van der Waals surface area contributed by atoms with Gasteiger partial charge in [-0.3, -0.25) is 4.79 Å². The number of carbonyl (C=O) groups is 1. The number of benzene rings is 2. The minimum atomic E-state index is -4.59. The largest absolute Gasteiger partial charge is 0.437 e. The lowest BCUT2D eigenvalue weighted by Gasteiger charge is -2.23. The van der Waals surface area contributed by atoms with Gasteiger partial charge in [0.1, 0.15) is 11.2 Å². The molecule has 1 saturated heterocycles. The third-order valence-corrected chi connectivity index (χ3v) is 7.72. The molecule has 3 N–H and O–H groups in total. The van der Waals surface area contributed by atoms with Gasteiger partial charge in [-0.2, -0.15) is 13.2 Å². The van der Waals surface area contributed by atoms with Crippen molar-refractivity contribution in [3.63, 3.8) is 0 Å². The molecule has 3 heterocycles. The molecular weight excluding hydrogens is 533 g/mol. The summed E-state index contributed by atoms with van der Waals surface area (Å²) in [5, 5.41) is 10.5. The first kappa shape index (κ1) is 26.9. The maximum atomic E-state index is 13.5. The van der Waals surface area contributed by atoms with Crippen molar-refractivity contribution in [1.29, 1.82) is 0 Å². The highest BCUT2D eigenvalue weighted by Crippen LogP contribution is 2.58. The molecule has 0 radical (unpaired) electrons. The van der Waals surface area contributed by atoms with Crippen LogP contribution in [0.15, 0.2) is 60.9 Å². The number of carbonyl (C=O) groups excluding carboxylic acids is 1. The second-order valence-corrected chi connectivity index (χ2v) is 10.6. The van der Waals surface area contributed by atoms with E-state index in [0.29, 0.717) is 39.6 Å². The van der Waals surface area contributed by atoms with E-state index in [2.05, 4.69) is 25.9 Å². The molecule has 212 valence electrons. The van der Waals surface area contributed by atoms with E-state index >= 15 is 0 Å². The second-order valence-electron chi connectivity index (χ2n) is 10.6. The first-order valence-electron chi connectivity index (χ1n) is 13.6. The van der Waals surface area contributed by atoms with Gasteiger partial charge >= 0.3 is 6.18 Å². The van der Waals surface area contributed by atoms with Crippen LogP contribution < -0.4 is 20.7 Å². The van der Waals surface area contributed by atoms with E-state index in [1.54, 1.807) is 54.9 Å². The SMILES string of the molecule is Cc1ccc2c(NC(=O)C3(C(F)(F)F)CC3)cccc2c1Oc1ncccc1-c1ccnc(N[C@H]2CCCNC2)n1. The Morgan fingerprint density at radius 1 is 1.05 bits per heavy atom. The van der Waals surface area contributed by atoms with Gasteiger partial charge in [0.15, 0.2) is 0 Å². The minimum absolute atomic E-state index is 0.207. The van der Waals surface area contributed by atoms with Crippen molar-refractivity contribution in [3.05, 3.63) is 66.5 Å². The summed E-state index contributed by atoms with van der Waals surface area (Å²) in [5.41, 5.74) is 0.0450. The summed E-state index contributed by atoms with van der Waals surface area (Å²) in [6.07, 6.45) is 0.403. The van der Waals surface area contributed by atoms with E-state index < -0.39 is 17.5 Å². The van der Waals surface area contributed by atoms with Crippen LogP contribution in [0.4, 0.5) is 24.8 Å². The van der Waals surface area contributed by atoms with Gasteiger partial charge in [0.2, 0.25) is 17.7 Å². The molecule has 0 spiro atoms. The van der Waals surface area contributed by atoms with Crippen LogP contribution >= 0.6 is 0 Å². The quantitative estimate of drug-likeness (QED) is 0.245. The van der Waals surface area contributed by atoms with Gasteiger partial charge in [-0.25, -0.2) is 15.0 Å². The number of alkyl halides is 3. The molecule has 1 amide bonds. The highest BCUT2D eigenvalue weighted by atomic mass is 19.4. The zero-order valence-electron chi connectivity index (χ0n) is 22.4. The molecule has 2 fully saturated rings. The Morgan fingerprint density at radius 2 is 1.90 bits per heavy atom. The number of hydrogen-bond donors (Lipinski definition) is 3. The molecule has 0 unspecified atom stereocenters. The fourth-order valence-corrected chi connectivity index (χ4v) is 5.19. The summed E-state index contributed by atoms with van der Waals surface area (Å²) in [4.78, 5) is 26.3. The fraction of sp³-hybridized carbons (Fsp3) is 0.333. The smallest absolute Gasteiger partial charge is 0.403 e. The zero-order chi connectivity index (χ0) is 28.6. The summed E-state index contributed by atoms with van der Waals surface area (Å²) in [5.74, 6) is 0.275. The van der Waals surface area contributed by atoms with Crippen LogP contribution in [-0.4, -0.2) is 46.2 Å².